The number of halogens is 1. The molecule has 4 nitrogen and oxygen atoms in total. The van der Waals surface area contributed by atoms with Crippen molar-refractivity contribution in [1.82, 2.24) is 5.32 Å². The SMILES string of the molecule is O=C(O)C1(CNC(=O)C2(c3ccc(F)cc3)CCCC2)CC1. The van der Waals surface area contributed by atoms with Crippen molar-refractivity contribution in [1.29, 1.82) is 0 Å². The molecule has 0 aromatic heterocycles. The number of aliphatic carboxylic acids is 1. The predicted octanol–water partition coefficient (Wildman–Crippen LogP) is 2.62. The molecule has 0 spiro atoms. The highest BCUT2D eigenvalue weighted by Gasteiger charge is 2.51. The molecule has 0 saturated heterocycles. The molecule has 1 aromatic carbocycles. The van der Waals surface area contributed by atoms with Crippen LogP contribution in [0.25, 0.3) is 0 Å². The van der Waals surface area contributed by atoms with Crippen molar-refractivity contribution in [2.24, 2.45) is 5.41 Å². The zero-order valence-corrected chi connectivity index (χ0v) is 12.4. The molecule has 2 saturated carbocycles. The van der Waals surface area contributed by atoms with E-state index in [2.05, 4.69) is 5.32 Å². The van der Waals surface area contributed by atoms with Gasteiger partial charge in [-0.3, -0.25) is 9.59 Å². The lowest BCUT2D eigenvalue weighted by molar-refractivity contribution is -0.143. The van der Waals surface area contributed by atoms with Gasteiger partial charge in [-0.2, -0.15) is 0 Å². The highest BCUT2D eigenvalue weighted by molar-refractivity contribution is 5.89. The van der Waals surface area contributed by atoms with Crippen molar-refractivity contribution >= 4 is 11.9 Å². The van der Waals surface area contributed by atoms with Gasteiger partial charge in [-0.05, 0) is 43.4 Å². The smallest absolute Gasteiger partial charge is 0.311 e. The van der Waals surface area contributed by atoms with E-state index in [1.54, 1.807) is 12.1 Å². The van der Waals surface area contributed by atoms with Crippen LogP contribution in [0, 0.1) is 11.2 Å². The van der Waals surface area contributed by atoms with Crippen LogP contribution < -0.4 is 5.32 Å². The highest BCUT2D eigenvalue weighted by atomic mass is 19.1. The van der Waals surface area contributed by atoms with Crippen LogP contribution in [-0.2, 0) is 15.0 Å². The standard InChI is InChI=1S/C17H20FNO3/c18-13-5-3-12(4-6-13)17(7-1-2-8-17)14(20)19-11-16(9-10-16)15(21)22/h3-6H,1-2,7-11H2,(H,19,20)(H,21,22). The third-order valence-electron chi connectivity index (χ3n) is 5.18. The van der Waals surface area contributed by atoms with E-state index in [4.69, 9.17) is 0 Å². The molecule has 0 aliphatic heterocycles. The number of carbonyl (C=O) groups is 2. The van der Waals surface area contributed by atoms with Gasteiger partial charge in [-0.25, -0.2) is 4.39 Å². The summed E-state index contributed by atoms with van der Waals surface area (Å²) in [5.41, 5.74) is -0.579. The molecule has 5 heteroatoms. The van der Waals surface area contributed by atoms with Crippen LogP contribution in [0.2, 0.25) is 0 Å². The summed E-state index contributed by atoms with van der Waals surface area (Å²) >= 11 is 0. The fourth-order valence-electron chi connectivity index (χ4n) is 3.43. The van der Waals surface area contributed by atoms with E-state index in [0.717, 1.165) is 31.2 Å². The summed E-state index contributed by atoms with van der Waals surface area (Å²) in [6.07, 6.45) is 4.59. The van der Waals surface area contributed by atoms with E-state index in [1.165, 1.54) is 12.1 Å². The van der Waals surface area contributed by atoms with Gasteiger partial charge in [0, 0.05) is 6.54 Å². The summed E-state index contributed by atoms with van der Waals surface area (Å²) < 4.78 is 13.1. The second kappa shape index (κ2) is 5.38. The largest absolute Gasteiger partial charge is 0.481 e. The zero-order chi connectivity index (χ0) is 15.8. The highest BCUT2D eigenvalue weighted by Crippen LogP contribution is 2.46. The Balaban J connectivity index is 1.77. The molecule has 1 amide bonds. The second-order valence-corrected chi connectivity index (χ2v) is 6.56. The number of nitrogens with one attached hydrogen (secondary N) is 1. The topological polar surface area (TPSA) is 66.4 Å². The molecule has 0 radical (unpaired) electrons. The molecule has 0 atom stereocenters. The first-order chi connectivity index (χ1) is 10.5. The summed E-state index contributed by atoms with van der Waals surface area (Å²) in [6.45, 7) is 0.185. The van der Waals surface area contributed by atoms with Crippen LogP contribution in [0.4, 0.5) is 4.39 Å². The lowest BCUT2D eigenvalue weighted by Crippen LogP contribution is -2.45. The van der Waals surface area contributed by atoms with E-state index in [-0.39, 0.29) is 18.3 Å². The summed E-state index contributed by atoms with van der Waals surface area (Å²) in [6, 6.07) is 6.10. The van der Waals surface area contributed by atoms with E-state index < -0.39 is 16.8 Å². The van der Waals surface area contributed by atoms with Gasteiger partial charge in [-0.1, -0.05) is 25.0 Å². The van der Waals surface area contributed by atoms with Crippen LogP contribution in [0.5, 0.6) is 0 Å². The summed E-state index contributed by atoms with van der Waals surface area (Å²) in [4.78, 5) is 24.0. The van der Waals surface area contributed by atoms with Crippen LogP contribution >= 0.6 is 0 Å². The number of amides is 1. The van der Waals surface area contributed by atoms with Crippen LogP contribution in [-0.4, -0.2) is 23.5 Å². The van der Waals surface area contributed by atoms with Gasteiger partial charge in [0.05, 0.1) is 10.8 Å². The van der Waals surface area contributed by atoms with Gasteiger partial charge in [0.15, 0.2) is 0 Å². The predicted molar refractivity (Wildman–Crippen MR) is 78.9 cm³/mol. The minimum atomic E-state index is -0.838. The van der Waals surface area contributed by atoms with Crippen molar-refractivity contribution in [2.45, 2.75) is 43.9 Å². The molecule has 0 unspecified atom stereocenters. The Morgan fingerprint density at radius 3 is 2.18 bits per heavy atom. The first-order valence-electron chi connectivity index (χ1n) is 7.76. The molecule has 0 heterocycles. The average Bonchev–Trinajstić information content (AvgIpc) is 3.14. The molecule has 1 aromatic rings. The fraction of sp³-hybridized carbons (Fsp3) is 0.529. The van der Waals surface area contributed by atoms with Crippen molar-refractivity contribution in [3.63, 3.8) is 0 Å². The minimum absolute atomic E-state index is 0.121. The molecule has 2 N–H and O–H groups in total. The number of carboxylic acid groups (broad SMARTS) is 1. The summed E-state index contributed by atoms with van der Waals surface area (Å²) in [5.74, 6) is -1.28. The van der Waals surface area contributed by atoms with Crippen molar-refractivity contribution < 1.29 is 19.1 Å². The summed E-state index contributed by atoms with van der Waals surface area (Å²) in [5, 5.41) is 12.0. The molecule has 2 fully saturated rings. The van der Waals surface area contributed by atoms with Gasteiger partial charge in [-0.15, -0.1) is 0 Å². The van der Waals surface area contributed by atoms with Gasteiger partial charge >= 0.3 is 5.97 Å². The van der Waals surface area contributed by atoms with E-state index in [1.807, 2.05) is 0 Å². The fourth-order valence-corrected chi connectivity index (χ4v) is 3.43. The Kier molecular flexibility index (Phi) is 3.67. The Bertz CT molecular complexity index is 586. The monoisotopic (exact) mass is 305 g/mol. The van der Waals surface area contributed by atoms with Crippen LogP contribution in [0.15, 0.2) is 24.3 Å². The number of carbonyl (C=O) groups excluding carboxylic acids is 1. The van der Waals surface area contributed by atoms with E-state index in [9.17, 15) is 19.1 Å². The average molecular weight is 305 g/mol. The third kappa shape index (κ3) is 2.49. The zero-order valence-electron chi connectivity index (χ0n) is 12.4. The number of hydrogen-bond donors (Lipinski definition) is 2. The van der Waals surface area contributed by atoms with Crippen molar-refractivity contribution in [3.8, 4) is 0 Å². The molecule has 2 aliphatic rings. The van der Waals surface area contributed by atoms with Crippen LogP contribution in [0.3, 0.4) is 0 Å². The molecular formula is C17H20FNO3. The van der Waals surface area contributed by atoms with Gasteiger partial charge < -0.3 is 10.4 Å². The van der Waals surface area contributed by atoms with E-state index >= 15 is 0 Å². The Hall–Kier alpha value is -1.91. The summed E-state index contributed by atoms with van der Waals surface area (Å²) in [7, 11) is 0. The number of rotatable bonds is 5. The number of carboxylic acids is 1. The maximum atomic E-state index is 13.1. The molecule has 0 bridgehead atoms. The molecule has 118 valence electrons. The maximum absolute atomic E-state index is 13.1. The first-order valence-corrected chi connectivity index (χ1v) is 7.76. The molecular weight excluding hydrogens is 285 g/mol. The number of hydrogen-bond acceptors (Lipinski definition) is 2. The number of benzene rings is 1. The quantitative estimate of drug-likeness (QED) is 0.879. The Morgan fingerprint density at radius 1 is 1.09 bits per heavy atom. The lowest BCUT2D eigenvalue weighted by atomic mass is 9.78. The molecule has 3 rings (SSSR count). The Morgan fingerprint density at radius 2 is 1.68 bits per heavy atom. The van der Waals surface area contributed by atoms with E-state index in [0.29, 0.717) is 12.8 Å². The normalized spacial score (nSPS) is 21.3. The Labute approximate surface area is 128 Å². The second-order valence-electron chi connectivity index (χ2n) is 6.56. The van der Waals surface area contributed by atoms with Crippen LogP contribution in [0.1, 0.15) is 44.1 Å². The molecule has 22 heavy (non-hydrogen) atoms. The van der Waals surface area contributed by atoms with Crippen molar-refractivity contribution in [3.05, 3.63) is 35.6 Å². The van der Waals surface area contributed by atoms with Gasteiger partial charge in [0.25, 0.3) is 0 Å². The maximum Gasteiger partial charge on any atom is 0.311 e. The first kappa shape index (κ1) is 15.0. The minimum Gasteiger partial charge on any atom is -0.481 e. The third-order valence-corrected chi connectivity index (χ3v) is 5.18. The van der Waals surface area contributed by atoms with Gasteiger partial charge in [0.1, 0.15) is 5.82 Å². The van der Waals surface area contributed by atoms with Crippen molar-refractivity contribution in [2.75, 3.05) is 6.54 Å². The lowest BCUT2D eigenvalue weighted by Gasteiger charge is -2.29. The molecule has 2 aliphatic carbocycles. The van der Waals surface area contributed by atoms with Gasteiger partial charge in [0.2, 0.25) is 5.91 Å².